The van der Waals surface area contributed by atoms with Crippen LogP contribution in [0, 0.1) is 17.7 Å². The summed E-state index contributed by atoms with van der Waals surface area (Å²) >= 11 is 0. The quantitative estimate of drug-likeness (QED) is 0.840. The van der Waals surface area contributed by atoms with Crippen LogP contribution in [0.1, 0.15) is 5.56 Å². The van der Waals surface area contributed by atoms with Crippen LogP contribution in [0.25, 0.3) is 0 Å². The summed E-state index contributed by atoms with van der Waals surface area (Å²) in [6.45, 7) is 4.58. The van der Waals surface area contributed by atoms with Crippen molar-refractivity contribution in [2.45, 2.75) is 6.54 Å². The van der Waals surface area contributed by atoms with Crippen LogP contribution < -0.4 is 0 Å². The molecule has 114 valence electrons. The Morgan fingerprint density at radius 3 is 2.62 bits per heavy atom. The lowest BCUT2D eigenvalue weighted by Gasteiger charge is -2.21. The van der Waals surface area contributed by atoms with Crippen molar-refractivity contribution in [3.63, 3.8) is 0 Å². The third-order valence-electron chi connectivity index (χ3n) is 4.48. The van der Waals surface area contributed by atoms with Crippen LogP contribution in [0.5, 0.6) is 0 Å². The molecule has 2 heterocycles. The van der Waals surface area contributed by atoms with Crippen molar-refractivity contribution in [2.24, 2.45) is 11.8 Å². The van der Waals surface area contributed by atoms with Gasteiger partial charge in [-0.15, -0.1) is 0 Å². The van der Waals surface area contributed by atoms with Crippen LogP contribution in [-0.4, -0.2) is 55.6 Å². The molecule has 2 fully saturated rings. The third-order valence-corrected chi connectivity index (χ3v) is 4.48. The van der Waals surface area contributed by atoms with Crippen molar-refractivity contribution in [3.05, 3.63) is 35.6 Å². The van der Waals surface area contributed by atoms with Crippen molar-refractivity contribution in [3.8, 4) is 0 Å². The lowest BCUT2D eigenvalue weighted by atomic mass is 10.0. The van der Waals surface area contributed by atoms with Gasteiger partial charge in [-0.3, -0.25) is 9.69 Å². The fourth-order valence-electron chi connectivity index (χ4n) is 3.53. The van der Waals surface area contributed by atoms with E-state index in [1.807, 2.05) is 11.0 Å². The Bertz CT molecular complexity index is 509. The lowest BCUT2D eigenvalue weighted by molar-refractivity contribution is -0.134. The number of ether oxygens (including phenoxy) is 1. The molecule has 2 atom stereocenters. The van der Waals surface area contributed by atoms with Gasteiger partial charge in [-0.1, -0.05) is 12.1 Å². The normalized spacial score (nSPS) is 25.3. The van der Waals surface area contributed by atoms with E-state index >= 15 is 0 Å². The molecule has 5 heteroatoms. The number of halogens is 1. The van der Waals surface area contributed by atoms with Gasteiger partial charge in [-0.05, 0) is 29.5 Å². The zero-order chi connectivity index (χ0) is 14.8. The molecule has 0 N–H and O–H groups in total. The molecule has 21 heavy (non-hydrogen) atoms. The molecule has 1 aromatic rings. The van der Waals surface area contributed by atoms with E-state index < -0.39 is 0 Å². The molecule has 0 unspecified atom stereocenters. The molecule has 0 saturated carbocycles. The summed E-state index contributed by atoms with van der Waals surface area (Å²) in [4.78, 5) is 16.1. The first-order chi connectivity index (χ1) is 10.2. The second-order valence-electron chi connectivity index (χ2n) is 6.08. The maximum Gasteiger partial charge on any atom is 0.248 e. The van der Waals surface area contributed by atoms with Crippen LogP contribution in [0.2, 0.25) is 0 Å². The monoisotopic (exact) mass is 292 g/mol. The number of hydrogen-bond acceptors (Lipinski definition) is 3. The molecule has 2 saturated heterocycles. The van der Waals surface area contributed by atoms with Gasteiger partial charge in [0, 0.05) is 39.8 Å². The number of methoxy groups -OCH3 is 1. The highest BCUT2D eigenvalue weighted by Gasteiger charge is 2.41. The summed E-state index contributed by atoms with van der Waals surface area (Å²) < 4.78 is 18.1. The topological polar surface area (TPSA) is 32.8 Å². The Kier molecular flexibility index (Phi) is 4.22. The number of rotatable bonds is 4. The maximum absolute atomic E-state index is 13.2. The van der Waals surface area contributed by atoms with Crippen LogP contribution in [0.3, 0.4) is 0 Å². The molecule has 0 radical (unpaired) electrons. The minimum absolute atomic E-state index is 0.0866. The Hall–Kier alpha value is -1.46. The van der Waals surface area contributed by atoms with E-state index in [2.05, 4.69) is 4.90 Å². The predicted octanol–water partition coefficient (Wildman–Crippen LogP) is 1.36. The van der Waals surface area contributed by atoms with Gasteiger partial charge in [0.15, 0.2) is 0 Å². The number of carbonyl (C=O) groups excluding carboxylic acids is 1. The number of benzene rings is 1. The number of hydrogen-bond donors (Lipinski definition) is 0. The lowest BCUT2D eigenvalue weighted by Crippen LogP contribution is -2.35. The van der Waals surface area contributed by atoms with Crippen molar-refractivity contribution in [1.82, 2.24) is 9.80 Å². The number of carbonyl (C=O) groups is 1. The van der Waals surface area contributed by atoms with E-state index in [1.165, 1.54) is 6.07 Å². The van der Waals surface area contributed by atoms with E-state index in [0.29, 0.717) is 11.8 Å². The molecule has 4 nitrogen and oxygen atoms in total. The smallest absolute Gasteiger partial charge is 0.248 e. The molecule has 0 aliphatic carbocycles. The summed E-state index contributed by atoms with van der Waals surface area (Å²) in [7, 11) is 1.55. The number of amides is 1. The minimum Gasteiger partial charge on any atom is -0.375 e. The number of likely N-dealkylation sites (tertiary alicyclic amines) is 2. The Balaban J connectivity index is 1.53. The largest absolute Gasteiger partial charge is 0.375 e. The second-order valence-corrected chi connectivity index (χ2v) is 6.08. The first-order valence-corrected chi connectivity index (χ1v) is 7.39. The summed E-state index contributed by atoms with van der Waals surface area (Å²) in [5.41, 5.74) is 1.02. The Morgan fingerprint density at radius 2 is 2.00 bits per heavy atom. The zero-order valence-corrected chi connectivity index (χ0v) is 12.3. The first kappa shape index (κ1) is 14.5. The number of fused-ring (bicyclic) bond motifs is 1. The Labute approximate surface area is 124 Å². The van der Waals surface area contributed by atoms with E-state index in [4.69, 9.17) is 4.74 Å². The highest BCUT2D eigenvalue weighted by Crippen LogP contribution is 2.31. The van der Waals surface area contributed by atoms with Gasteiger partial charge >= 0.3 is 0 Å². The third kappa shape index (κ3) is 3.24. The average molecular weight is 292 g/mol. The molecular weight excluding hydrogens is 271 g/mol. The van der Waals surface area contributed by atoms with Crippen LogP contribution in [0.4, 0.5) is 4.39 Å². The van der Waals surface area contributed by atoms with Gasteiger partial charge in [0.25, 0.3) is 0 Å². The van der Waals surface area contributed by atoms with Crippen LogP contribution >= 0.6 is 0 Å². The molecular formula is C16H21FN2O2. The van der Waals surface area contributed by atoms with Gasteiger partial charge in [0.2, 0.25) is 5.91 Å². The molecule has 0 bridgehead atoms. The van der Waals surface area contributed by atoms with E-state index in [0.717, 1.165) is 38.3 Å². The van der Waals surface area contributed by atoms with E-state index in [-0.39, 0.29) is 18.3 Å². The van der Waals surface area contributed by atoms with Crippen molar-refractivity contribution in [1.29, 1.82) is 0 Å². The summed E-state index contributed by atoms with van der Waals surface area (Å²) in [5, 5.41) is 0. The fourth-order valence-corrected chi connectivity index (χ4v) is 3.53. The van der Waals surface area contributed by atoms with Crippen LogP contribution in [0.15, 0.2) is 24.3 Å². The van der Waals surface area contributed by atoms with Gasteiger partial charge in [0.05, 0.1) is 0 Å². The SMILES string of the molecule is COCC(=O)N1C[C@H]2CN(Cc3cccc(F)c3)C[C@H]2C1. The molecule has 2 aliphatic rings. The van der Waals surface area contributed by atoms with Gasteiger partial charge < -0.3 is 9.64 Å². The van der Waals surface area contributed by atoms with Crippen molar-refractivity contribution in [2.75, 3.05) is 39.9 Å². The highest BCUT2D eigenvalue weighted by atomic mass is 19.1. The van der Waals surface area contributed by atoms with Crippen molar-refractivity contribution < 1.29 is 13.9 Å². The second kappa shape index (κ2) is 6.12. The Morgan fingerprint density at radius 1 is 1.29 bits per heavy atom. The van der Waals surface area contributed by atoms with Gasteiger partial charge in [-0.25, -0.2) is 4.39 Å². The van der Waals surface area contributed by atoms with Crippen molar-refractivity contribution >= 4 is 5.91 Å². The fraction of sp³-hybridized carbons (Fsp3) is 0.562. The summed E-state index contributed by atoms with van der Waals surface area (Å²) in [6.07, 6.45) is 0. The molecule has 1 amide bonds. The maximum atomic E-state index is 13.2. The first-order valence-electron chi connectivity index (χ1n) is 7.39. The van der Waals surface area contributed by atoms with Gasteiger partial charge in [0.1, 0.15) is 12.4 Å². The molecule has 0 spiro atoms. The number of nitrogens with zero attached hydrogens (tertiary/aromatic N) is 2. The summed E-state index contributed by atoms with van der Waals surface area (Å²) in [5.74, 6) is 0.991. The predicted molar refractivity (Wildman–Crippen MR) is 77.1 cm³/mol. The van der Waals surface area contributed by atoms with Crippen LogP contribution in [-0.2, 0) is 16.1 Å². The summed E-state index contributed by atoms with van der Waals surface area (Å²) in [6, 6.07) is 6.79. The minimum atomic E-state index is -0.178. The molecule has 1 aromatic carbocycles. The standard InChI is InChI=1S/C16H21FN2O2/c1-21-11-16(20)19-9-13-7-18(8-14(13)10-19)6-12-3-2-4-15(17)5-12/h2-5,13-14H,6-11H2,1H3/t13-,14+. The zero-order valence-electron chi connectivity index (χ0n) is 12.3. The average Bonchev–Trinajstić information content (AvgIpc) is 2.97. The van der Waals surface area contributed by atoms with E-state index in [9.17, 15) is 9.18 Å². The van der Waals surface area contributed by atoms with Gasteiger partial charge in [-0.2, -0.15) is 0 Å². The molecule has 2 aliphatic heterocycles. The molecule has 0 aromatic heterocycles. The van der Waals surface area contributed by atoms with E-state index in [1.54, 1.807) is 19.2 Å². The highest BCUT2D eigenvalue weighted by molar-refractivity contribution is 5.77. The molecule has 3 rings (SSSR count).